The molecule has 2 aromatic carbocycles. The zero-order chi connectivity index (χ0) is 15.5. The molecule has 4 nitrogen and oxygen atoms in total. The summed E-state index contributed by atoms with van der Waals surface area (Å²) in [4.78, 5) is 11.8. The number of benzene rings is 2. The second kappa shape index (κ2) is 6.28. The van der Waals surface area contributed by atoms with Crippen molar-refractivity contribution >= 4 is 27.5 Å². The Balaban J connectivity index is 2.37. The summed E-state index contributed by atoms with van der Waals surface area (Å²) in [6.07, 6.45) is 0.265. The first-order valence-corrected chi connectivity index (χ1v) is 8.05. The molecule has 0 fully saturated rings. The van der Waals surface area contributed by atoms with Crippen molar-refractivity contribution in [2.45, 2.75) is 18.2 Å². The lowest BCUT2D eigenvalue weighted by Gasteiger charge is -2.10. The summed E-state index contributed by atoms with van der Waals surface area (Å²) in [5, 5.41) is 0.426. The van der Waals surface area contributed by atoms with Gasteiger partial charge in [-0.1, -0.05) is 30.7 Å². The van der Waals surface area contributed by atoms with E-state index in [1.807, 2.05) is 0 Å². The van der Waals surface area contributed by atoms with Crippen molar-refractivity contribution in [2.24, 2.45) is 0 Å². The maximum atomic E-state index is 12.2. The lowest BCUT2D eigenvalue weighted by atomic mass is 10.1. The zero-order valence-electron chi connectivity index (χ0n) is 11.2. The molecule has 21 heavy (non-hydrogen) atoms. The first-order chi connectivity index (χ1) is 9.94. The smallest absolute Gasteiger partial charge is 0.339 e. The molecule has 0 unspecified atom stereocenters. The SMILES string of the molecule is CCC(=O)c1ccccc1OS(=O)(=O)c1ccc(Cl)cc1. The summed E-state index contributed by atoms with van der Waals surface area (Å²) in [7, 11) is -4.01. The standard InChI is InChI=1S/C15H13ClO4S/c1-2-14(17)13-5-3-4-6-15(13)20-21(18,19)12-9-7-11(16)8-10-12/h3-10H,2H2,1H3. The van der Waals surface area contributed by atoms with Crippen molar-refractivity contribution in [3.05, 3.63) is 59.1 Å². The molecule has 0 atom stereocenters. The molecule has 0 aliphatic rings. The second-order valence-corrected chi connectivity index (χ2v) is 6.25. The van der Waals surface area contributed by atoms with Crippen LogP contribution in [0.1, 0.15) is 23.7 Å². The fraction of sp³-hybridized carbons (Fsp3) is 0.133. The van der Waals surface area contributed by atoms with E-state index in [1.165, 1.54) is 30.3 Å². The molecule has 0 aliphatic heterocycles. The van der Waals surface area contributed by atoms with Gasteiger partial charge < -0.3 is 4.18 Å². The Bertz CT molecular complexity index is 751. The maximum Gasteiger partial charge on any atom is 0.339 e. The van der Waals surface area contributed by atoms with Crippen LogP contribution in [0.3, 0.4) is 0 Å². The molecule has 6 heteroatoms. The Hall–Kier alpha value is -1.85. The van der Waals surface area contributed by atoms with E-state index in [9.17, 15) is 13.2 Å². The number of rotatable bonds is 5. The van der Waals surface area contributed by atoms with Gasteiger partial charge >= 0.3 is 10.1 Å². The van der Waals surface area contributed by atoms with E-state index in [2.05, 4.69) is 0 Å². The molecular formula is C15H13ClO4S. The predicted octanol–water partition coefficient (Wildman–Crippen LogP) is 3.70. The number of hydrogen-bond donors (Lipinski definition) is 0. The summed E-state index contributed by atoms with van der Waals surface area (Å²) >= 11 is 5.73. The number of ketones is 1. The largest absolute Gasteiger partial charge is 0.378 e. The van der Waals surface area contributed by atoms with Crippen LogP contribution < -0.4 is 4.18 Å². The highest BCUT2D eigenvalue weighted by Crippen LogP contribution is 2.24. The lowest BCUT2D eigenvalue weighted by Crippen LogP contribution is -2.12. The number of hydrogen-bond acceptors (Lipinski definition) is 4. The van der Waals surface area contributed by atoms with Crippen LogP contribution in [0.15, 0.2) is 53.4 Å². The van der Waals surface area contributed by atoms with Gasteiger partial charge in [-0.05, 0) is 36.4 Å². The molecular weight excluding hydrogens is 312 g/mol. The third kappa shape index (κ3) is 3.62. The lowest BCUT2D eigenvalue weighted by molar-refractivity contribution is 0.0986. The van der Waals surface area contributed by atoms with Gasteiger partial charge in [-0.2, -0.15) is 8.42 Å². The van der Waals surface area contributed by atoms with Crippen LogP contribution >= 0.6 is 11.6 Å². The minimum absolute atomic E-state index is 0.0225. The molecule has 2 aromatic rings. The first-order valence-electron chi connectivity index (χ1n) is 6.26. The van der Waals surface area contributed by atoms with Gasteiger partial charge in [0.2, 0.25) is 0 Å². The van der Waals surface area contributed by atoms with Crippen molar-refractivity contribution in [3.63, 3.8) is 0 Å². The van der Waals surface area contributed by atoms with Crippen molar-refractivity contribution in [3.8, 4) is 5.75 Å². The molecule has 0 N–H and O–H groups in total. The normalized spacial score (nSPS) is 11.1. The van der Waals surface area contributed by atoms with E-state index >= 15 is 0 Å². The third-order valence-electron chi connectivity index (χ3n) is 2.81. The third-order valence-corrected chi connectivity index (χ3v) is 4.31. The number of Topliss-reactive ketones (excluding diaryl/α,β-unsaturated/α-hetero) is 1. The molecule has 0 amide bonds. The highest BCUT2D eigenvalue weighted by atomic mass is 35.5. The molecule has 0 aromatic heterocycles. The van der Waals surface area contributed by atoms with E-state index in [-0.39, 0.29) is 28.4 Å². The van der Waals surface area contributed by atoms with Crippen LogP contribution in [0, 0.1) is 0 Å². The minimum atomic E-state index is -4.01. The highest BCUT2D eigenvalue weighted by Gasteiger charge is 2.20. The molecule has 0 saturated heterocycles. The Kier molecular flexibility index (Phi) is 4.65. The topological polar surface area (TPSA) is 60.4 Å². The van der Waals surface area contributed by atoms with Crippen molar-refractivity contribution in [1.82, 2.24) is 0 Å². The quantitative estimate of drug-likeness (QED) is 0.621. The van der Waals surface area contributed by atoms with Gasteiger partial charge in [-0.3, -0.25) is 4.79 Å². The monoisotopic (exact) mass is 324 g/mol. The second-order valence-electron chi connectivity index (χ2n) is 4.26. The van der Waals surface area contributed by atoms with Crippen LogP contribution in [0.25, 0.3) is 0 Å². The molecule has 0 heterocycles. The summed E-state index contributed by atoms with van der Waals surface area (Å²) in [6, 6.07) is 11.9. The Labute approximate surface area is 128 Å². The Morgan fingerprint density at radius 1 is 1.10 bits per heavy atom. The molecule has 0 bridgehead atoms. The highest BCUT2D eigenvalue weighted by molar-refractivity contribution is 7.87. The predicted molar refractivity (Wildman–Crippen MR) is 80.3 cm³/mol. The number of para-hydroxylation sites is 1. The van der Waals surface area contributed by atoms with Gasteiger partial charge in [-0.25, -0.2) is 0 Å². The van der Waals surface area contributed by atoms with Crippen molar-refractivity contribution in [1.29, 1.82) is 0 Å². The fourth-order valence-electron chi connectivity index (χ4n) is 1.73. The average molecular weight is 325 g/mol. The van der Waals surface area contributed by atoms with Crippen LogP contribution in [0.5, 0.6) is 5.75 Å². The van der Waals surface area contributed by atoms with Crippen LogP contribution in [-0.4, -0.2) is 14.2 Å². The maximum absolute atomic E-state index is 12.2. The summed E-state index contributed by atoms with van der Waals surface area (Å²) in [5.74, 6) is -0.156. The van der Waals surface area contributed by atoms with E-state index in [0.29, 0.717) is 5.02 Å². The molecule has 0 spiro atoms. The average Bonchev–Trinajstić information content (AvgIpc) is 2.47. The van der Waals surface area contributed by atoms with Gasteiger partial charge in [-0.15, -0.1) is 0 Å². The van der Waals surface area contributed by atoms with Crippen molar-refractivity contribution < 1.29 is 17.4 Å². The fourth-order valence-corrected chi connectivity index (χ4v) is 2.80. The number of carbonyl (C=O) groups is 1. The molecule has 110 valence electrons. The number of halogens is 1. The van der Waals surface area contributed by atoms with Gasteiger partial charge in [0.15, 0.2) is 11.5 Å². The number of carbonyl (C=O) groups excluding carboxylic acids is 1. The summed E-state index contributed by atoms with van der Waals surface area (Å²) in [5.41, 5.74) is 0.248. The molecule has 0 aliphatic carbocycles. The van der Waals surface area contributed by atoms with E-state index in [0.717, 1.165) is 0 Å². The Morgan fingerprint density at radius 2 is 1.71 bits per heavy atom. The molecule has 0 radical (unpaired) electrons. The minimum Gasteiger partial charge on any atom is -0.378 e. The van der Waals surface area contributed by atoms with Gasteiger partial charge in [0, 0.05) is 11.4 Å². The summed E-state index contributed by atoms with van der Waals surface area (Å²) < 4.78 is 29.5. The van der Waals surface area contributed by atoms with E-state index in [4.69, 9.17) is 15.8 Å². The zero-order valence-corrected chi connectivity index (χ0v) is 12.8. The van der Waals surface area contributed by atoms with Crippen LogP contribution in [0.4, 0.5) is 0 Å². The summed E-state index contributed by atoms with van der Waals surface area (Å²) in [6.45, 7) is 1.70. The van der Waals surface area contributed by atoms with Crippen LogP contribution in [0.2, 0.25) is 5.02 Å². The van der Waals surface area contributed by atoms with Gasteiger partial charge in [0.1, 0.15) is 4.90 Å². The Morgan fingerprint density at radius 3 is 2.33 bits per heavy atom. The van der Waals surface area contributed by atoms with Crippen molar-refractivity contribution in [2.75, 3.05) is 0 Å². The first kappa shape index (κ1) is 15.5. The van der Waals surface area contributed by atoms with Gasteiger partial charge in [0.05, 0.1) is 5.56 Å². The van der Waals surface area contributed by atoms with E-state index < -0.39 is 10.1 Å². The van der Waals surface area contributed by atoms with Crippen LogP contribution in [-0.2, 0) is 10.1 Å². The van der Waals surface area contributed by atoms with Gasteiger partial charge in [0.25, 0.3) is 0 Å². The molecule has 0 saturated carbocycles. The molecule has 2 rings (SSSR count). The van der Waals surface area contributed by atoms with E-state index in [1.54, 1.807) is 25.1 Å².